The molecule has 4 rings (SSSR count). The van der Waals surface area contributed by atoms with E-state index in [0.29, 0.717) is 11.3 Å². The predicted octanol–water partition coefficient (Wildman–Crippen LogP) is 3.32. The predicted molar refractivity (Wildman–Crippen MR) is 116 cm³/mol. The molecule has 1 saturated carbocycles. The number of pyridine rings is 1. The van der Waals surface area contributed by atoms with Crippen LogP contribution >= 0.6 is 0 Å². The topological polar surface area (TPSA) is 97.1 Å². The molecule has 0 radical (unpaired) electrons. The molecule has 1 unspecified atom stereocenters. The molecule has 1 aliphatic carbocycles. The number of hydrogen-bond acceptors (Lipinski definition) is 4. The van der Waals surface area contributed by atoms with Crippen LogP contribution in [0.5, 0.6) is 0 Å². The highest BCUT2D eigenvalue weighted by Gasteiger charge is 2.51. The zero-order valence-corrected chi connectivity index (χ0v) is 16.8. The van der Waals surface area contributed by atoms with Crippen LogP contribution in [0.25, 0.3) is 0 Å². The van der Waals surface area contributed by atoms with Crippen LogP contribution in [-0.4, -0.2) is 23.3 Å². The third-order valence-corrected chi connectivity index (χ3v) is 5.60. The molecule has 1 fully saturated rings. The molecule has 0 spiro atoms. The summed E-state index contributed by atoms with van der Waals surface area (Å²) in [6.45, 7) is 0.268. The number of carbonyl (C=O) groups is 2. The summed E-state index contributed by atoms with van der Waals surface area (Å²) in [5, 5.41) is 5.72. The molecule has 31 heavy (non-hydrogen) atoms. The Morgan fingerprint density at radius 3 is 2.26 bits per heavy atom. The van der Waals surface area contributed by atoms with E-state index in [2.05, 4.69) is 15.6 Å². The first-order chi connectivity index (χ1) is 15.0. The summed E-state index contributed by atoms with van der Waals surface area (Å²) < 4.78 is 13.2. The standard InChI is InChI=1S/C24H23FN4O2/c25-19-7-5-18(6-8-19)24(11-12-24)23(31)28-15-21(26)16-1-3-17(4-2-16)22(30)29-20-9-13-27-14-10-20/h1-10,13-14,21H,11-12,15,26H2,(H,28,31)(H,27,29,30). The average Bonchev–Trinajstić information content (AvgIpc) is 3.60. The molecule has 2 aromatic carbocycles. The molecule has 0 saturated heterocycles. The van der Waals surface area contributed by atoms with E-state index in [0.717, 1.165) is 24.0 Å². The van der Waals surface area contributed by atoms with Gasteiger partial charge in [0.25, 0.3) is 5.91 Å². The molecule has 3 aromatic rings. The molecule has 158 valence electrons. The van der Waals surface area contributed by atoms with E-state index < -0.39 is 11.5 Å². The van der Waals surface area contributed by atoms with Crippen LogP contribution in [0.2, 0.25) is 0 Å². The van der Waals surface area contributed by atoms with Crippen LogP contribution in [0, 0.1) is 5.82 Å². The minimum atomic E-state index is -0.581. The molecule has 1 aromatic heterocycles. The lowest BCUT2D eigenvalue weighted by molar-refractivity contribution is -0.123. The Bertz CT molecular complexity index is 1060. The van der Waals surface area contributed by atoms with Crippen LogP contribution in [0.3, 0.4) is 0 Å². The number of benzene rings is 2. The quantitative estimate of drug-likeness (QED) is 0.548. The van der Waals surface area contributed by atoms with Crippen molar-refractivity contribution in [2.75, 3.05) is 11.9 Å². The lowest BCUT2D eigenvalue weighted by Crippen LogP contribution is -2.38. The molecule has 2 amide bonds. The molecule has 1 atom stereocenters. The van der Waals surface area contributed by atoms with Crippen molar-refractivity contribution in [2.45, 2.75) is 24.3 Å². The number of amides is 2. The Hall–Kier alpha value is -3.58. The number of rotatable bonds is 7. The van der Waals surface area contributed by atoms with Gasteiger partial charge in [-0.15, -0.1) is 0 Å². The van der Waals surface area contributed by atoms with Gasteiger partial charge in [-0.2, -0.15) is 0 Å². The van der Waals surface area contributed by atoms with Crippen molar-refractivity contribution >= 4 is 17.5 Å². The first-order valence-corrected chi connectivity index (χ1v) is 10.1. The Labute approximate surface area is 179 Å². The van der Waals surface area contributed by atoms with Gasteiger partial charge in [0.1, 0.15) is 5.82 Å². The molecule has 6 nitrogen and oxygen atoms in total. The summed E-state index contributed by atoms with van der Waals surface area (Å²) in [7, 11) is 0. The lowest BCUT2D eigenvalue weighted by Gasteiger charge is -2.19. The minimum Gasteiger partial charge on any atom is -0.353 e. The van der Waals surface area contributed by atoms with Crippen molar-refractivity contribution in [2.24, 2.45) is 5.73 Å². The van der Waals surface area contributed by atoms with Crippen molar-refractivity contribution in [1.29, 1.82) is 0 Å². The third-order valence-electron chi connectivity index (χ3n) is 5.60. The second-order valence-corrected chi connectivity index (χ2v) is 7.72. The van der Waals surface area contributed by atoms with Crippen molar-refractivity contribution in [3.8, 4) is 0 Å². The summed E-state index contributed by atoms with van der Waals surface area (Å²) in [4.78, 5) is 29.0. The van der Waals surface area contributed by atoms with Crippen LogP contribution < -0.4 is 16.4 Å². The SMILES string of the molecule is NC(CNC(=O)C1(c2ccc(F)cc2)CC1)c1ccc(C(=O)Nc2ccncc2)cc1. The maximum Gasteiger partial charge on any atom is 0.255 e. The number of anilines is 1. The second-order valence-electron chi connectivity index (χ2n) is 7.72. The van der Waals surface area contributed by atoms with E-state index >= 15 is 0 Å². The molecular formula is C24H23FN4O2. The highest BCUT2D eigenvalue weighted by Crippen LogP contribution is 2.48. The third kappa shape index (κ3) is 4.62. The smallest absolute Gasteiger partial charge is 0.255 e. The van der Waals surface area contributed by atoms with Gasteiger partial charge in [-0.25, -0.2) is 4.39 Å². The number of aromatic nitrogens is 1. The highest BCUT2D eigenvalue weighted by molar-refractivity contribution is 6.04. The normalized spacial score (nSPS) is 15.0. The number of nitrogens with one attached hydrogen (secondary N) is 2. The van der Waals surface area contributed by atoms with Crippen LogP contribution in [-0.2, 0) is 10.2 Å². The number of nitrogens with two attached hydrogens (primary N) is 1. The fourth-order valence-corrected chi connectivity index (χ4v) is 3.55. The van der Waals surface area contributed by atoms with Crippen LogP contribution in [0.15, 0.2) is 73.1 Å². The van der Waals surface area contributed by atoms with Gasteiger partial charge < -0.3 is 16.4 Å². The van der Waals surface area contributed by atoms with Gasteiger partial charge in [-0.3, -0.25) is 14.6 Å². The summed E-state index contributed by atoms with van der Waals surface area (Å²) >= 11 is 0. The van der Waals surface area contributed by atoms with Gasteiger partial charge in [0.15, 0.2) is 0 Å². The molecule has 4 N–H and O–H groups in total. The van der Waals surface area contributed by atoms with Crippen molar-refractivity contribution < 1.29 is 14.0 Å². The van der Waals surface area contributed by atoms with Gasteiger partial charge in [-0.1, -0.05) is 24.3 Å². The van der Waals surface area contributed by atoms with Crippen molar-refractivity contribution in [1.82, 2.24) is 10.3 Å². The van der Waals surface area contributed by atoms with E-state index in [-0.39, 0.29) is 24.2 Å². The molecule has 0 bridgehead atoms. The first-order valence-electron chi connectivity index (χ1n) is 10.1. The van der Waals surface area contributed by atoms with Gasteiger partial charge in [-0.05, 0) is 60.4 Å². The van der Waals surface area contributed by atoms with Crippen molar-refractivity contribution in [3.63, 3.8) is 0 Å². The Kier molecular flexibility index (Phi) is 5.77. The zero-order valence-electron chi connectivity index (χ0n) is 16.8. The van der Waals surface area contributed by atoms with Crippen LogP contribution in [0.4, 0.5) is 10.1 Å². The fourth-order valence-electron chi connectivity index (χ4n) is 3.55. The summed E-state index contributed by atoms with van der Waals surface area (Å²) in [6.07, 6.45) is 4.68. The molecular weight excluding hydrogens is 395 g/mol. The second kappa shape index (κ2) is 8.65. The number of nitrogens with zero attached hydrogens (tertiary/aromatic N) is 1. The Morgan fingerprint density at radius 1 is 1.00 bits per heavy atom. The average molecular weight is 418 g/mol. The Balaban J connectivity index is 1.33. The highest BCUT2D eigenvalue weighted by atomic mass is 19.1. The molecule has 7 heteroatoms. The summed E-state index contributed by atoms with van der Waals surface area (Å²) in [5.74, 6) is -0.641. The van der Waals surface area contributed by atoms with Crippen molar-refractivity contribution in [3.05, 3.63) is 95.6 Å². The van der Waals surface area contributed by atoms with Crippen LogP contribution in [0.1, 0.15) is 40.4 Å². The minimum absolute atomic E-state index is 0.0945. The van der Waals surface area contributed by atoms with E-state index in [9.17, 15) is 14.0 Å². The maximum atomic E-state index is 13.2. The number of halogens is 1. The van der Waals surface area contributed by atoms with E-state index in [1.54, 1.807) is 60.9 Å². The summed E-state index contributed by atoms with van der Waals surface area (Å²) in [5.41, 5.74) is 8.47. The maximum absolute atomic E-state index is 13.2. The number of hydrogen-bond donors (Lipinski definition) is 3. The monoisotopic (exact) mass is 418 g/mol. The van der Waals surface area contributed by atoms with Gasteiger partial charge >= 0.3 is 0 Å². The molecule has 1 heterocycles. The molecule has 0 aliphatic heterocycles. The van der Waals surface area contributed by atoms with E-state index in [4.69, 9.17) is 5.73 Å². The Morgan fingerprint density at radius 2 is 1.65 bits per heavy atom. The lowest BCUT2D eigenvalue weighted by atomic mass is 9.94. The summed E-state index contributed by atoms with van der Waals surface area (Å²) in [6, 6.07) is 16.1. The fraction of sp³-hybridized carbons (Fsp3) is 0.208. The molecule has 1 aliphatic rings. The van der Waals surface area contributed by atoms with Gasteiger partial charge in [0.05, 0.1) is 5.41 Å². The van der Waals surface area contributed by atoms with Gasteiger partial charge in [0.2, 0.25) is 5.91 Å². The number of carbonyl (C=O) groups excluding carboxylic acids is 2. The van der Waals surface area contributed by atoms with E-state index in [1.165, 1.54) is 12.1 Å². The van der Waals surface area contributed by atoms with E-state index in [1.807, 2.05) is 0 Å². The largest absolute Gasteiger partial charge is 0.353 e. The zero-order chi connectivity index (χ0) is 21.8. The van der Waals surface area contributed by atoms with Gasteiger partial charge in [0, 0.05) is 36.2 Å². The first kappa shape index (κ1) is 20.7.